The van der Waals surface area contributed by atoms with Gasteiger partial charge in [0.1, 0.15) is 12.9 Å². The molecule has 2 nitrogen and oxygen atoms in total. The number of rotatable bonds is 3. The van der Waals surface area contributed by atoms with Gasteiger partial charge in [-0.15, -0.1) is 0 Å². The maximum atomic E-state index is 14.9. The molecule has 0 radical (unpaired) electrons. The van der Waals surface area contributed by atoms with Gasteiger partial charge in [0.25, 0.3) is 0 Å². The molecule has 0 spiro atoms. The highest BCUT2D eigenvalue weighted by Crippen LogP contribution is 2.73. The van der Waals surface area contributed by atoms with E-state index in [1.165, 1.54) is 0 Å². The van der Waals surface area contributed by atoms with Gasteiger partial charge in [-0.1, -0.05) is 97.9 Å². The second-order valence-electron chi connectivity index (χ2n) is 7.29. The van der Waals surface area contributed by atoms with Gasteiger partial charge in [0.15, 0.2) is 0 Å². The molecule has 3 aromatic carbocycles. The van der Waals surface area contributed by atoms with E-state index in [4.69, 9.17) is 0 Å². The van der Waals surface area contributed by atoms with E-state index in [1.54, 1.807) is 0 Å². The molecular formula is C24H23O2P. The first-order chi connectivity index (χ1) is 13.1. The Hall–Kier alpha value is -2.44. The lowest BCUT2D eigenvalue weighted by atomic mass is 9.91. The molecule has 27 heavy (non-hydrogen) atoms. The topological polar surface area (TPSA) is 34.1 Å². The summed E-state index contributed by atoms with van der Waals surface area (Å²) in [6, 6.07) is 29.6. The van der Waals surface area contributed by atoms with E-state index in [-0.39, 0.29) is 23.0 Å². The first-order valence-corrected chi connectivity index (χ1v) is 11.2. The van der Waals surface area contributed by atoms with Gasteiger partial charge in [-0.3, -0.25) is 4.79 Å². The van der Waals surface area contributed by atoms with Gasteiger partial charge in [-0.05, 0) is 11.1 Å². The number of carbonyl (C=O) groups excluding carboxylic acids is 1. The molecule has 3 heteroatoms. The van der Waals surface area contributed by atoms with Crippen LogP contribution in [-0.2, 0) is 9.36 Å². The summed E-state index contributed by atoms with van der Waals surface area (Å²) in [7, 11) is -2.94. The Kier molecular flexibility index (Phi) is 4.85. The maximum Gasteiger partial charge on any atom is 0.137 e. The maximum absolute atomic E-state index is 14.9. The molecule has 0 saturated carbocycles. The van der Waals surface area contributed by atoms with Crippen LogP contribution in [0.5, 0.6) is 0 Å². The minimum absolute atomic E-state index is 0.195. The van der Waals surface area contributed by atoms with Gasteiger partial charge in [0, 0.05) is 23.3 Å². The summed E-state index contributed by atoms with van der Waals surface area (Å²) in [5.41, 5.74) is 1.40. The zero-order chi connectivity index (χ0) is 18.9. The molecule has 136 valence electrons. The molecule has 0 N–H and O–H groups in total. The average molecular weight is 374 g/mol. The summed E-state index contributed by atoms with van der Waals surface area (Å²) in [6.07, 6.45) is 0.334. The number of Topliss-reactive ketones (excluding diaryl/α,β-unsaturated/α-hetero) is 1. The molecule has 0 bridgehead atoms. The van der Waals surface area contributed by atoms with Gasteiger partial charge in [0.2, 0.25) is 0 Å². The first-order valence-electron chi connectivity index (χ1n) is 9.40. The van der Waals surface area contributed by atoms with Gasteiger partial charge in [-0.25, -0.2) is 0 Å². The third-order valence-corrected chi connectivity index (χ3v) is 9.82. The molecule has 0 aliphatic carbocycles. The molecule has 1 fully saturated rings. The third-order valence-electron chi connectivity index (χ3n) is 5.74. The van der Waals surface area contributed by atoms with Crippen LogP contribution in [-0.4, -0.2) is 5.78 Å². The molecule has 3 aromatic rings. The molecule has 0 aromatic heterocycles. The highest BCUT2D eigenvalue weighted by Gasteiger charge is 2.52. The van der Waals surface area contributed by atoms with Crippen molar-refractivity contribution in [2.75, 3.05) is 0 Å². The lowest BCUT2D eigenvalue weighted by Gasteiger charge is -2.42. The number of benzene rings is 3. The molecule has 1 aliphatic heterocycles. The van der Waals surface area contributed by atoms with Crippen LogP contribution in [0.2, 0.25) is 0 Å². The highest BCUT2D eigenvalue weighted by atomic mass is 31.2. The quantitative estimate of drug-likeness (QED) is 0.546. The molecular weight excluding hydrogens is 351 g/mol. The fourth-order valence-electron chi connectivity index (χ4n) is 4.39. The van der Waals surface area contributed by atoms with Crippen molar-refractivity contribution in [2.45, 2.75) is 24.7 Å². The number of ketones is 1. The lowest BCUT2D eigenvalue weighted by Crippen LogP contribution is -2.33. The van der Waals surface area contributed by atoms with Crippen LogP contribution < -0.4 is 5.30 Å². The van der Waals surface area contributed by atoms with Crippen molar-refractivity contribution in [3.63, 3.8) is 0 Å². The zero-order valence-electron chi connectivity index (χ0n) is 15.4. The lowest BCUT2D eigenvalue weighted by molar-refractivity contribution is -0.123. The minimum atomic E-state index is -2.94. The van der Waals surface area contributed by atoms with Crippen molar-refractivity contribution in [1.82, 2.24) is 0 Å². The monoisotopic (exact) mass is 374 g/mol. The van der Waals surface area contributed by atoms with Crippen molar-refractivity contribution in [3.8, 4) is 0 Å². The number of hydrogen-bond donors (Lipinski definition) is 0. The molecule has 0 amide bonds. The molecule has 4 rings (SSSR count). The summed E-state index contributed by atoms with van der Waals surface area (Å²) >= 11 is 0. The van der Waals surface area contributed by atoms with E-state index in [2.05, 4.69) is 0 Å². The van der Waals surface area contributed by atoms with Crippen LogP contribution in [0.25, 0.3) is 0 Å². The van der Waals surface area contributed by atoms with E-state index in [0.717, 1.165) is 16.4 Å². The first kappa shape index (κ1) is 17.9. The predicted octanol–water partition coefficient (Wildman–Crippen LogP) is 5.77. The van der Waals surface area contributed by atoms with Gasteiger partial charge < -0.3 is 4.57 Å². The third kappa shape index (κ3) is 3.09. The van der Waals surface area contributed by atoms with E-state index < -0.39 is 7.14 Å². The van der Waals surface area contributed by atoms with Crippen LogP contribution in [0.4, 0.5) is 0 Å². The van der Waals surface area contributed by atoms with E-state index in [1.807, 2.05) is 97.9 Å². The predicted molar refractivity (Wildman–Crippen MR) is 111 cm³/mol. The van der Waals surface area contributed by atoms with E-state index in [0.29, 0.717) is 6.42 Å². The van der Waals surface area contributed by atoms with Crippen LogP contribution in [0.3, 0.4) is 0 Å². The Labute approximate surface area is 160 Å². The zero-order valence-corrected chi connectivity index (χ0v) is 16.3. The molecule has 1 saturated heterocycles. The number of hydrogen-bond acceptors (Lipinski definition) is 2. The Balaban J connectivity index is 1.97. The van der Waals surface area contributed by atoms with Crippen molar-refractivity contribution in [1.29, 1.82) is 0 Å². The molecule has 4 atom stereocenters. The second-order valence-corrected chi connectivity index (χ2v) is 10.4. The second kappa shape index (κ2) is 7.29. The Bertz CT molecular complexity index is 967. The van der Waals surface area contributed by atoms with Crippen molar-refractivity contribution >= 4 is 18.2 Å². The number of carbonyl (C=O) groups is 1. The fourth-order valence-corrected chi connectivity index (χ4v) is 8.61. The van der Waals surface area contributed by atoms with E-state index >= 15 is 0 Å². The van der Waals surface area contributed by atoms with Crippen LogP contribution in [0.15, 0.2) is 91.0 Å². The largest absolute Gasteiger partial charge is 0.317 e. The molecule has 1 heterocycles. The Morgan fingerprint density at radius 3 is 1.78 bits per heavy atom. The van der Waals surface area contributed by atoms with Crippen LogP contribution in [0.1, 0.15) is 35.8 Å². The fraction of sp³-hybridized carbons (Fsp3) is 0.208. The van der Waals surface area contributed by atoms with Crippen molar-refractivity contribution < 1.29 is 9.36 Å². The summed E-state index contributed by atoms with van der Waals surface area (Å²) in [4.78, 5) is 13.0. The molecule has 1 aliphatic rings. The smallest absolute Gasteiger partial charge is 0.137 e. The van der Waals surface area contributed by atoms with Crippen LogP contribution in [0, 0.1) is 5.92 Å². The van der Waals surface area contributed by atoms with Gasteiger partial charge >= 0.3 is 0 Å². The summed E-state index contributed by atoms with van der Waals surface area (Å²) in [5.74, 6) is -0.0708. The standard InChI is InChI=1S/C24H23O2P/c1-18-22(25)17-23(19-11-5-2-6-12-19)27(26,21-15-9-4-10-16-21)24(18)20-13-7-3-8-14-20/h2-16,18,23-24H,17H2,1H3/t18-,23+,24-,27-/m0/s1. The summed E-state index contributed by atoms with van der Waals surface area (Å²) in [6.45, 7) is 1.94. The minimum Gasteiger partial charge on any atom is -0.317 e. The summed E-state index contributed by atoms with van der Waals surface area (Å²) < 4.78 is 14.9. The van der Waals surface area contributed by atoms with Crippen molar-refractivity contribution in [3.05, 3.63) is 102 Å². The van der Waals surface area contributed by atoms with Crippen LogP contribution >= 0.6 is 7.14 Å². The molecule has 0 unspecified atom stereocenters. The normalized spacial score (nSPS) is 28.0. The summed E-state index contributed by atoms with van der Waals surface area (Å²) in [5, 5.41) is 0.868. The Morgan fingerprint density at radius 1 is 0.741 bits per heavy atom. The van der Waals surface area contributed by atoms with Crippen molar-refractivity contribution in [2.24, 2.45) is 5.92 Å². The SMILES string of the molecule is C[C@H]1C(=O)C[C@H](c2ccccc2)[P@@](=O)(c2ccccc2)[C@@H]1c1ccccc1. The Morgan fingerprint density at radius 2 is 1.22 bits per heavy atom. The highest BCUT2D eigenvalue weighted by molar-refractivity contribution is 7.72. The average Bonchev–Trinajstić information content (AvgIpc) is 2.73. The van der Waals surface area contributed by atoms with E-state index in [9.17, 15) is 9.36 Å². The van der Waals surface area contributed by atoms with Gasteiger partial charge in [0.05, 0.1) is 5.66 Å². The van der Waals surface area contributed by atoms with Gasteiger partial charge in [-0.2, -0.15) is 0 Å².